The number of unbranched alkanes of at least 4 members (excludes halogenated alkanes) is 2. The number of hydrogen-bond acceptors (Lipinski definition) is 3. The molecule has 0 radical (unpaired) electrons. The van der Waals surface area contributed by atoms with E-state index in [1.807, 2.05) is 6.92 Å². The van der Waals surface area contributed by atoms with Crippen molar-refractivity contribution in [1.29, 1.82) is 0 Å². The normalized spacial score (nSPS) is 21.5. The van der Waals surface area contributed by atoms with Crippen LogP contribution < -0.4 is 0 Å². The van der Waals surface area contributed by atoms with E-state index in [1.54, 1.807) is 0 Å². The van der Waals surface area contributed by atoms with Gasteiger partial charge < -0.3 is 4.74 Å². The lowest BCUT2D eigenvalue weighted by Crippen LogP contribution is -2.41. The Kier molecular flexibility index (Phi) is 8.77. The minimum absolute atomic E-state index is 0.0727. The van der Waals surface area contributed by atoms with Gasteiger partial charge in [-0.05, 0) is 19.3 Å². The molecule has 0 bridgehead atoms. The molecule has 3 nitrogen and oxygen atoms in total. The number of ether oxygens (including phenoxy) is 1. The van der Waals surface area contributed by atoms with E-state index in [0.29, 0.717) is 6.42 Å². The van der Waals surface area contributed by atoms with Gasteiger partial charge in [-0.25, -0.2) is 0 Å². The Morgan fingerprint density at radius 3 is 2.05 bits per heavy atom. The van der Waals surface area contributed by atoms with Crippen molar-refractivity contribution in [3.8, 4) is 0 Å². The molecule has 3 heteroatoms. The molecule has 1 aliphatic heterocycles. The van der Waals surface area contributed by atoms with Gasteiger partial charge >= 0.3 is 0 Å². The van der Waals surface area contributed by atoms with Crippen molar-refractivity contribution in [1.82, 2.24) is 4.90 Å². The van der Waals surface area contributed by atoms with E-state index in [4.69, 9.17) is 4.74 Å². The maximum atomic E-state index is 12.4. The molecule has 0 spiro atoms. The summed E-state index contributed by atoms with van der Waals surface area (Å²) in [7, 11) is 0. The van der Waals surface area contributed by atoms with Crippen LogP contribution in [0.4, 0.5) is 0 Å². The predicted octanol–water partition coefficient (Wildman–Crippen LogP) is 4.91. The van der Waals surface area contributed by atoms with Crippen LogP contribution in [-0.2, 0) is 9.53 Å². The van der Waals surface area contributed by atoms with Gasteiger partial charge in [-0.3, -0.25) is 9.69 Å². The highest BCUT2D eigenvalue weighted by atomic mass is 16.5. The minimum atomic E-state index is 0.0727. The Balaban J connectivity index is 2.95. The summed E-state index contributed by atoms with van der Waals surface area (Å²) in [5.74, 6) is 1.47. The highest BCUT2D eigenvalue weighted by Gasteiger charge is 2.40. The van der Waals surface area contributed by atoms with E-state index in [0.717, 1.165) is 37.3 Å². The van der Waals surface area contributed by atoms with Crippen molar-refractivity contribution in [3.63, 3.8) is 0 Å². The maximum Gasteiger partial charge on any atom is 0.162 e. The second kappa shape index (κ2) is 10.0. The van der Waals surface area contributed by atoms with Crippen LogP contribution in [0.3, 0.4) is 0 Å². The van der Waals surface area contributed by atoms with Gasteiger partial charge in [0.1, 0.15) is 5.76 Å². The largest absolute Gasteiger partial charge is 0.478 e. The molecule has 0 saturated heterocycles. The van der Waals surface area contributed by atoms with Gasteiger partial charge in [0.25, 0.3) is 0 Å². The summed E-state index contributed by atoms with van der Waals surface area (Å²) in [4.78, 5) is 14.9. The summed E-state index contributed by atoms with van der Waals surface area (Å²) in [6.07, 6.45) is 7.23. The summed E-state index contributed by atoms with van der Waals surface area (Å²) >= 11 is 0. The van der Waals surface area contributed by atoms with Gasteiger partial charge in [0.15, 0.2) is 12.0 Å². The van der Waals surface area contributed by atoms with Gasteiger partial charge in [-0.15, -0.1) is 0 Å². The number of carbonyl (C=O) groups is 1. The van der Waals surface area contributed by atoms with Crippen LogP contribution in [0.5, 0.6) is 0 Å². The van der Waals surface area contributed by atoms with Gasteiger partial charge in [-0.2, -0.15) is 0 Å². The van der Waals surface area contributed by atoms with Crippen LogP contribution in [0.1, 0.15) is 79.6 Å². The average molecular weight is 309 g/mol. The van der Waals surface area contributed by atoms with Crippen LogP contribution in [0, 0.1) is 5.92 Å². The third-order valence-electron chi connectivity index (χ3n) is 4.62. The Labute approximate surface area is 137 Å². The zero-order valence-electron chi connectivity index (χ0n) is 15.3. The molecule has 22 heavy (non-hydrogen) atoms. The fraction of sp³-hybridized carbons (Fsp3) is 0.842. The molecule has 0 N–H and O–H groups in total. The van der Waals surface area contributed by atoms with Crippen LogP contribution in [0.25, 0.3) is 0 Å². The lowest BCUT2D eigenvalue weighted by Gasteiger charge is -2.32. The summed E-state index contributed by atoms with van der Waals surface area (Å²) in [6.45, 7) is 12.8. The van der Waals surface area contributed by atoms with Crippen molar-refractivity contribution in [2.75, 3.05) is 13.1 Å². The number of ketones is 1. The number of Topliss-reactive ketones (excluding diaryl/α,β-unsaturated/α-hetero) is 1. The molecule has 0 aromatic rings. The third-order valence-corrected chi connectivity index (χ3v) is 4.62. The van der Waals surface area contributed by atoms with E-state index in [1.165, 1.54) is 25.7 Å². The first-order valence-corrected chi connectivity index (χ1v) is 9.31. The van der Waals surface area contributed by atoms with Crippen LogP contribution >= 0.6 is 0 Å². The highest BCUT2D eigenvalue weighted by Crippen LogP contribution is 2.38. The van der Waals surface area contributed by atoms with E-state index < -0.39 is 0 Å². The Morgan fingerprint density at radius 2 is 1.64 bits per heavy atom. The molecule has 0 aliphatic carbocycles. The third kappa shape index (κ3) is 4.58. The Hall–Kier alpha value is -0.830. The molecule has 0 aromatic carbocycles. The topological polar surface area (TPSA) is 29.5 Å². The smallest absolute Gasteiger partial charge is 0.162 e. The molecular formula is C19H35NO2. The molecule has 0 saturated carbocycles. The van der Waals surface area contributed by atoms with Gasteiger partial charge in [-0.1, -0.05) is 47.5 Å². The maximum absolute atomic E-state index is 12.4. The fourth-order valence-electron chi connectivity index (χ4n) is 3.29. The molecule has 0 amide bonds. The molecule has 0 fully saturated rings. The highest BCUT2D eigenvalue weighted by molar-refractivity contribution is 5.96. The van der Waals surface area contributed by atoms with E-state index in [9.17, 15) is 4.79 Å². The van der Waals surface area contributed by atoms with Crippen molar-refractivity contribution < 1.29 is 9.53 Å². The number of hydrogen-bond donors (Lipinski definition) is 0. The Morgan fingerprint density at radius 1 is 1.05 bits per heavy atom. The summed E-state index contributed by atoms with van der Waals surface area (Å²) in [5, 5.41) is 0. The lowest BCUT2D eigenvalue weighted by molar-refractivity contribution is -0.116. The first-order valence-electron chi connectivity index (χ1n) is 9.31. The SMILES string of the molecule is CCCCN(CCCC)C1OC(CC)=C(C(=O)CC)C1CC. The Bertz CT molecular complexity index is 368. The van der Waals surface area contributed by atoms with Crippen molar-refractivity contribution in [3.05, 3.63) is 11.3 Å². The van der Waals surface area contributed by atoms with Gasteiger partial charge in [0.2, 0.25) is 0 Å². The molecule has 1 heterocycles. The summed E-state index contributed by atoms with van der Waals surface area (Å²) < 4.78 is 6.29. The van der Waals surface area contributed by atoms with Crippen LogP contribution in [0.2, 0.25) is 0 Å². The molecule has 128 valence electrons. The monoisotopic (exact) mass is 309 g/mol. The number of nitrogens with zero attached hydrogens (tertiary/aromatic N) is 1. The lowest BCUT2D eigenvalue weighted by atomic mass is 9.90. The second-order valence-electron chi connectivity index (χ2n) is 6.23. The van der Waals surface area contributed by atoms with Gasteiger partial charge in [0, 0.05) is 37.4 Å². The minimum Gasteiger partial charge on any atom is -0.478 e. The van der Waals surface area contributed by atoms with E-state index >= 15 is 0 Å². The van der Waals surface area contributed by atoms with Gasteiger partial charge in [0.05, 0.1) is 0 Å². The first kappa shape index (κ1) is 19.2. The fourth-order valence-corrected chi connectivity index (χ4v) is 3.29. The van der Waals surface area contributed by atoms with Crippen molar-refractivity contribution >= 4 is 5.78 Å². The first-order chi connectivity index (χ1) is 10.6. The standard InChI is InChI=1S/C19H35NO2/c1-6-11-13-20(14-12-7-2)19-15(8-3)18(16(21)9-4)17(10-5)22-19/h15,19H,6-14H2,1-5H3. The number of rotatable bonds is 11. The quantitative estimate of drug-likeness (QED) is 0.543. The molecule has 1 rings (SSSR count). The summed E-state index contributed by atoms with van der Waals surface area (Å²) in [5.41, 5.74) is 0.982. The second-order valence-corrected chi connectivity index (χ2v) is 6.23. The zero-order valence-corrected chi connectivity index (χ0v) is 15.3. The van der Waals surface area contributed by atoms with E-state index in [-0.39, 0.29) is 17.9 Å². The zero-order chi connectivity index (χ0) is 16.5. The number of allylic oxidation sites excluding steroid dienone is 1. The van der Waals surface area contributed by atoms with Crippen molar-refractivity contribution in [2.24, 2.45) is 5.92 Å². The van der Waals surface area contributed by atoms with Crippen LogP contribution in [0.15, 0.2) is 11.3 Å². The molecule has 2 atom stereocenters. The molecular weight excluding hydrogens is 274 g/mol. The molecule has 0 aromatic heterocycles. The predicted molar refractivity (Wildman–Crippen MR) is 92.7 cm³/mol. The molecule has 1 aliphatic rings. The van der Waals surface area contributed by atoms with Crippen LogP contribution in [-0.4, -0.2) is 30.0 Å². The number of carbonyl (C=O) groups excluding carboxylic acids is 1. The molecule has 2 unspecified atom stereocenters. The van der Waals surface area contributed by atoms with E-state index in [2.05, 4.69) is 32.6 Å². The average Bonchev–Trinajstić information content (AvgIpc) is 2.92. The van der Waals surface area contributed by atoms with Crippen molar-refractivity contribution in [2.45, 2.75) is 85.8 Å². The summed E-state index contributed by atoms with van der Waals surface area (Å²) in [6, 6.07) is 0.